The molecular weight excluding hydrogens is 232 g/mol. The molecule has 0 nitrogen and oxygen atoms in total. The van der Waals surface area contributed by atoms with E-state index in [-0.39, 0.29) is 0 Å². The molecule has 1 heteroatoms. The first-order valence-corrected chi connectivity index (χ1v) is 8.63. The number of hydrogen-bond acceptors (Lipinski definition) is 0. The van der Waals surface area contributed by atoms with Gasteiger partial charge >= 0.3 is 0 Å². The van der Waals surface area contributed by atoms with Gasteiger partial charge in [-0.15, -0.1) is 0 Å². The zero-order chi connectivity index (χ0) is 12.4. The quantitative estimate of drug-likeness (QED) is 0.549. The predicted molar refractivity (Wildman–Crippen MR) is 79.1 cm³/mol. The van der Waals surface area contributed by atoms with Crippen molar-refractivity contribution in [2.45, 2.75) is 17.6 Å². The highest BCUT2D eigenvalue weighted by molar-refractivity contribution is 6.63. The summed E-state index contributed by atoms with van der Waals surface area (Å²) in [5, 5.41) is 0. The van der Waals surface area contributed by atoms with Gasteiger partial charge in [0.1, 0.15) is 0 Å². The van der Waals surface area contributed by atoms with Gasteiger partial charge in [-0.05, 0) is 22.2 Å². The van der Waals surface area contributed by atoms with Crippen molar-refractivity contribution in [1.82, 2.24) is 0 Å². The van der Waals surface area contributed by atoms with Crippen LogP contribution >= 0.6 is 0 Å². The van der Waals surface area contributed by atoms with Crippen molar-refractivity contribution in [3.8, 4) is 0 Å². The van der Waals surface area contributed by atoms with Crippen LogP contribution in [0.5, 0.6) is 0 Å². The van der Waals surface area contributed by atoms with Gasteiger partial charge in [0.2, 0.25) is 0 Å². The van der Waals surface area contributed by atoms with Crippen molar-refractivity contribution in [2.75, 3.05) is 0 Å². The van der Waals surface area contributed by atoms with Crippen molar-refractivity contribution >= 4 is 8.80 Å². The van der Waals surface area contributed by atoms with E-state index in [0.29, 0.717) is 11.1 Å². The van der Waals surface area contributed by atoms with Gasteiger partial charge in [0.25, 0.3) is 0 Å². The van der Waals surface area contributed by atoms with Crippen LogP contribution in [0.15, 0.2) is 72.8 Å². The predicted octanol–water partition coefficient (Wildman–Crippen LogP) is 4.33. The van der Waals surface area contributed by atoms with Gasteiger partial charge in [-0.2, -0.15) is 0 Å². The maximum Gasteiger partial charge on any atom is 0.0710 e. The Kier molecular flexibility index (Phi) is 3.16. The molecule has 3 rings (SSSR count). The second-order valence-electron chi connectivity index (χ2n) is 4.91. The summed E-state index contributed by atoms with van der Waals surface area (Å²) in [4.78, 5) is 0. The minimum atomic E-state index is -0.450. The van der Waals surface area contributed by atoms with Crippen LogP contribution in [0, 0.1) is 0 Å². The van der Waals surface area contributed by atoms with Gasteiger partial charge in [-0.1, -0.05) is 79.4 Å². The van der Waals surface area contributed by atoms with E-state index < -0.39 is 8.80 Å². The molecule has 1 aliphatic heterocycles. The Morgan fingerprint density at radius 3 is 1.44 bits per heavy atom. The standard InChI is InChI=1S/C17H17Si/c1-18-16(14-8-4-2-5-9-14)12-13-17(18)15-10-6-3-7-11-15/h2-13,16-17H,1H3. The van der Waals surface area contributed by atoms with Crippen LogP contribution in [0.4, 0.5) is 0 Å². The topological polar surface area (TPSA) is 0 Å². The maximum absolute atomic E-state index is 2.46. The van der Waals surface area contributed by atoms with Gasteiger partial charge in [-0.3, -0.25) is 0 Å². The van der Waals surface area contributed by atoms with Gasteiger partial charge < -0.3 is 0 Å². The van der Waals surface area contributed by atoms with Gasteiger partial charge in [0.05, 0.1) is 8.80 Å². The molecule has 0 amide bonds. The molecule has 2 atom stereocenters. The van der Waals surface area contributed by atoms with Crippen LogP contribution in [-0.4, -0.2) is 8.80 Å². The molecule has 0 fully saturated rings. The lowest BCUT2D eigenvalue weighted by Gasteiger charge is -2.20. The van der Waals surface area contributed by atoms with Crippen molar-refractivity contribution < 1.29 is 0 Å². The highest BCUT2D eigenvalue weighted by atomic mass is 28.3. The van der Waals surface area contributed by atoms with E-state index in [1.54, 1.807) is 0 Å². The lowest BCUT2D eigenvalue weighted by molar-refractivity contribution is 1.14. The first-order valence-electron chi connectivity index (χ1n) is 6.48. The number of benzene rings is 2. The Balaban J connectivity index is 1.86. The second-order valence-corrected chi connectivity index (χ2v) is 7.64. The summed E-state index contributed by atoms with van der Waals surface area (Å²) in [5.41, 5.74) is 4.26. The van der Waals surface area contributed by atoms with Gasteiger partial charge in [-0.25, -0.2) is 0 Å². The highest BCUT2D eigenvalue weighted by Crippen LogP contribution is 2.36. The van der Waals surface area contributed by atoms with E-state index in [1.807, 2.05) is 0 Å². The Labute approximate surface area is 111 Å². The number of rotatable bonds is 2. The third-order valence-electron chi connectivity index (χ3n) is 3.79. The Bertz CT molecular complexity index is 481. The summed E-state index contributed by atoms with van der Waals surface area (Å²) in [7, 11) is -0.450. The molecule has 1 radical (unpaired) electrons. The van der Waals surface area contributed by atoms with E-state index in [0.717, 1.165) is 0 Å². The smallest absolute Gasteiger partial charge is 0.0710 e. The number of allylic oxidation sites excluding steroid dienone is 2. The molecule has 2 aromatic rings. The van der Waals surface area contributed by atoms with E-state index in [9.17, 15) is 0 Å². The lowest BCUT2D eigenvalue weighted by atomic mass is 10.1. The van der Waals surface area contributed by atoms with Crippen LogP contribution in [0.3, 0.4) is 0 Å². The van der Waals surface area contributed by atoms with Crippen LogP contribution in [0.1, 0.15) is 22.2 Å². The van der Waals surface area contributed by atoms with Crippen molar-refractivity contribution in [3.05, 3.63) is 83.9 Å². The molecule has 18 heavy (non-hydrogen) atoms. The molecule has 0 N–H and O–H groups in total. The Morgan fingerprint density at radius 1 is 0.667 bits per heavy atom. The summed E-state index contributed by atoms with van der Waals surface area (Å²) >= 11 is 0. The minimum Gasteiger partial charge on any atom is -0.0837 e. The molecular formula is C17H17Si. The summed E-state index contributed by atoms with van der Waals surface area (Å²) < 4.78 is 0. The maximum atomic E-state index is 2.46. The summed E-state index contributed by atoms with van der Waals surface area (Å²) in [6, 6.07) is 21.8. The van der Waals surface area contributed by atoms with Crippen LogP contribution in [0.25, 0.3) is 0 Å². The third kappa shape index (κ3) is 2.06. The molecule has 2 aromatic carbocycles. The minimum absolute atomic E-state index is 0.450. The molecule has 0 saturated heterocycles. The fourth-order valence-corrected chi connectivity index (χ4v) is 5.44. The van der Waals surface area contributed by atoms with Gasteiger partial charge in [0.15, 0.2) is 0 Å². The Morgan fingerprint density at radius 2 is 1.06 bits per heavy atom. The summed E-state index contributed by atoms with van der Waals surface area (Å²) in [6.45, 7) is 2.46. The first kappa shape index (κ1) is 11.5. The lowest BCUT2D eigenvalue weighted by Crippen LogP contribution is -2.21. The molecule has 0 aliphatic carbocycles. The molecule has 0 saturated carbocycles. The molecule has 0 aromatic heterocycles. The Hall–Kier alpha value is -1.60. The summed E-state index contributed by atoms with van der Waals surface area (Å²) in [6.07, 6.45) is 4.84. The molecule has 2 unspecified atom stereocenters. The van der Waals surface area contributed by atoms with Crippen LogP contribution < -0.4 is 0 Å². The van der Waals surface area contributed by atoms with Crippen molar-refractivity contribution in [1.29, 1.82) is 0 Å². The average Bonchev–Trinajstić information content (AvgIpc) is 2.83. The van der Waals surface area contributed by atoms with Crippen LogP contribution in [0.2, 0.25) is 6.55 Å². The molecule has 1 aliphatic rings. The average molecular weight is 249 g/mol. The van der Waals surface area contributed by atoms with Crippen molar-refractivity contribution in [3.63, 3.8) is 0 Å². The normalized spacial score (nSPS) is 23.4. The van der Waals surface area contributed by atoms with Crippen LogP contribution in [-0.2, 0) is 0 Å². The van der Waals surface area contributed by atoms with E-state index in [2.05, 4.69) is 79.4 Å². The summed E-state index contributed by atoms with van der Waals surface area (Å²) in [5.74, 6) is 0. The van der Waals surface area contributed by atoms with E-state index in [4.69, 9.17) is 0 Å². The second kappa shape index (κ2) is 4.95. The van der Waals surface area contributed by atoms with E-state index >= 15 is 0 Å². The fraction of sp³-hybridized carbons (Fsp3) is 0.176. The SMILES string of the molecule is C[Si]1C(c2ccccc2)C=CC1c1ccccc1. The third-order valence-corrected chi connectivity index (χ3v) is 6.81. The monoisotopic (exact) mass is 249 g/mol. The molecule has 1 heterocycles. The zero-order valence-electron chi connectivity index (χ0n) is 10.6. The number of hydrogen-bond donors (Lipinski definition) is 0. The van der Waals surface area contributed by atoms with Gasteiger partial charge in [0, 0.05) is 0 Å². The van der Waals surface area contributed by atoms with Crippen molar-refractivity contribution in [2.24, 2.45) is 0 Å². The molecule has 89 valence electrons. The zero-order valence-corrected chi connectivity index (χ0v) is 11.6. The first-order chi connectivity index (χ1) is 8.86. The molecule has 0 bridgehead atoms. The largest absolute Gasteiger partial charge is 0.0837 e. The fourth-order valence-electron chi connectivity index (χ4n) is 2.79. The molecule has 0 spiro atoms. The highest BCUT2D eigenvalue weighted by Gasteiger charge is 2.31. The van der Waals surface area contributed by atoms with E-state index in [1.165, 1.54) is 11.1 Å².